The predicted molar refractivity (Wildman–Crippen MR) is 106 cm³/mol. The second-order valence-corrected chi connectivity index (χ2v) is 8.71. The zero-order valence-electron chi connectivity index (χ0n) is 16.1. The molecule has 2 N–H and O–H groups in total. The lowest BCUT2D eigenvalue weighted by atomic mass is 9.98. The molecule has 0 radical (unpaired) electrons. The maximum Gasteiger partial charge on any atom is 0.416 e. The van der Waals surface area contributed by atoms with Crippen LogP contribution in [-0.2, 0) is 22.7 Å². The quantitative estimate of drug-likeness (QED) is 0.796. The van der Waals surface area contributed by atoms with Gasteiger partial charge in [0.25, 0.3) is 0 Å². The first-order valence-electron chi connectivity index (χ1n) is 9.36. The number of nitrogens with two attached hydrogens (primary N) is 1. The molecular weight excluding hydrogens is 403 g/mol. The van der Waals surface area contributed by atoms with E-state index < -0.39 is 21.8 Å². The van der Waals surface area contributed by atoms with Crippen molar-refractivity contribution in [3.05, 3.63) is 53.6 Å². The van der Waals surface area contributed by atoms with E-state index in [1.54, 1.807) is 12.1 Å². The first kappa shape index (κ1) is 21.8. The summed E-state index contributed by atoms with van der Waals surface area (Å²) in [5.41, 5.74) is 0.176. The molecule has 158 valence electrons. The van der Waals surface area contributed by atoms with Gasteiger partial charge in [-0.15, -0.1) is 0 Å². The van der Waals surface area contributed by atoms with Crippen LogP contribution in [0.3, 0.4) is 0 Å². The summed E-state index contributed by atoms with van der Waals surface area (Å²) in [6, 6.07) is 9.78. The molecule has 29 heavy (non-hydrogen) atoms. The van der Waals surface area contributed by atoms with E-state index in [-0.39, 0.29) is 17.0 Å². The van der Waals surface area contributed by atoms with Crippen molar-refractivity contribution in [2.24, 2.45) is 5.14 Å². The van der Waals surface area contributed by atoms with Crippen molar-refractivity contribution >= 4 is 10.0 Å². The summed E-state index contributed by atoms with van der Waals surface area (Å²) < 4.78 is 64.3. The van der Waals surface area contributed by atoms with Crippen molar-refractivity contribution in [2.45, 2.75) is 24.5 Å². The van der Waals surface area contributed by atoms with Crippen LogP contribution in [0.4, 0.5) is 13.2 Å². The van der Waals surface area contributed by atoms with E-state index in [0.29, 0.717) is 11.1 Å². The van der Waals surface area contributed by atoms with Crippen molar-refractivity contribution in [2.75, 3.05) is 32.7 Å². The van der Waals surface area contributed by atoms with Crippen LogP contribution >= 0.6 is 0 Å². The van der Waals surface area contributed by atoms with E-state index in [4.69, 9.17) is 5.14 Å². The predicted octanol–water partition coefficient (Wildman–Crippen LogP) is 3.16. The minimum absolute atomic E-state index is 0.138. The Bertz CT molecular complexity index is 969. The van der Waals surface area contributed by atoms with Gasteiger partial charge in [-0.25, -0.2) is 13.6 Å². The number of rotatable bonds is 5. The number of halogens is 3. The Hall–Kier alpha value is -1.94. The standard InChI is InChI=1S/C20H24F3N3O2S/c1-2-25-8-10-26(11-9-25)14-17-7-6-16(13-19(17)20(21,22)23)15-4-3-5-18(12-15)29(24,27)28/h3-7,12-13H,2,8-11,14H2,1H3,(H2,24,27,28). The van der Waals surface area contributed by atoms with Crippen LogP contribution in [-0.4, -0.2) is 50.9 Å². The van der Waals surface area contributed by atoms with Crippen molar-refractivity contribution in [1.82, 2.24) is 9.80 Å². The van der Waals surface area contributed by atoms with Crippen LogP contribution in [0.1, 0.15) is 18.1 Å². The number of piperazine rings is 1. The molecule has 0 atom stereocenters. The number of hydrogen-bond acceptors (Lipinski definition) is 4. The third-order valence-corrected chi connectivity index (χ3v) is 6.13. The van der Waals surface area contributed by atoms with Crippen molar-refractivity contribution in [3.63, 3.8) is 0 Å². The average Bonchev–Trinajstić information content (AvgIpc) is 2.67. The molecule has 1 fully saturated rings. The van der Waals surface area contributed by atoms with E-state index in [0.717, 1.165) is 38.8 Å². The molecule has 0 spiro atoms. The van der Waals surface area contributed by atoms with Gasteiger partial charge in [0.1, 0.15) is 0 Å². The molecule has 0 saturated carbocycles. The van der Waals surface area contributed by atoms with E-state index in [2.05, 4.69) is 11.8 Å². The smallest absolute Gasteiger partial charge is 0.301 e. The highest BCUT2D eigenvalue weighted by molar-refractivity contribution is 7.89. The highest BCUT2D eigenvalue weighted by Gasteiger charge is 2.34. The number of sulfonamides is 1. The first-order valence-corrected chi connectivity index (χ1v) is 10.9. The fraction of sp³-hybridized carbons (Fsp3) is 0.400. The van der Waals surface area contributed by atoms with Crippen LogP contribution < -0.4 is 5.14 Å². The molecule has 0 bridgehead atoms. The van der Waals surface area contributed by atoms with E-state index in [9.17, 15) is 21.6 Å². The van der Waals surface area contributed by atoms with Crippen LogP contribution in [0.25, 0.3) is 11.1 Å². The lowest BCUT2D eigenvalue weighted by Crippen LogP contribution is -2.45. The SMILES string of the molecule is CCN1CCN(Cc2ccc(-c3cccc(S(N)(=O)=O)c3)cc2C(F)(F)F)CC1. The summed E-state index contributed by atoms with van der Waals surface area (Å²) in [6.45, 7) is 6.37. The van der Waals surface area contributed by atoms with Crippen LogP contribution in [0, 0.1) is 0 Å². The summed E-state index contributed by atoms with van der Waals surface area (Å²) in [7, 11) is -3.94. The molecule has 9 heteroatoms. The Morgan fingerprint density at radius 3 is 2.17 bits per heavy atom. The molecule has 0 aliphatic carbocycles. The van der Waals surface area contributed by atoms with Crippen LogP contribution in [0.15, 0.2) is 47.4 Å². The monoisotopic (exact) mass is 427 g/mol. The molecule has 0 amide bonds. The zero-order chi connectivity index (χ0) is 21.2. The van der Waals surface area contributed by atoms with Gasteiger partial charge in [0.2, 0.25) is 10.0 Å². The van der Waals surface area contributed by atoms with Crippen molar-refractivity contribution < 1.29 is 21.6 Å². The molecule has 0 unspecified atom stereocenters. The van der Waals surface area contributed by atoms with Gasteiger partial charge < -0.3 is 4.90 Å². The van der Waals surface area contributed by atoms with Gasteiger partial charge in [-0.2, -0.15) is 13.2 Å². The number of nitrogens with zero attached hydrogens (tertiary/aromatic N) is 2. The second-order valence-electron chi connectivity index (χ2n) is 7.15. The second kappa shape index (κ2) is 8.43. The molecule has 3 rings (SSSR count). The molecule has 1 saturated heterocycles. The lowest BCUT2D eigenvalue weighted by Gasteiger charge is -2.34. The summed E-state index contributed by atoms with van der Waals surface area (Å²) in [5.74, 6) is 0. The summed E-state index contributed by atoms with van der Waals surface area (Å²) in [4.78, 5) is 4.15. The van der Waals surface area contributed by atoms with Gasteiger partial charge in [0.15, 0.2) is 0 Å². The largest absolute Gasteiger partial charge is 0.416 e. The Balaban J connectivity index is 1.91. The van der Waals surface area contributed by atoms with Gasteiger partial charge in [0, 0.05) is 32.7 Å². The summed E-state index contributed by atoms with van der Waals surface area (Å²) >= 11 is 0. The molecule has 1 aliphatic heterocycles. The summed E-state index contributed by atoms with van der Waals surface area (Å²) in [6.07, 6.45) is -4.51. The molecular formula is C20H24F3N3O2S. The number of primary sulfonamides is 1. The van der Waals surface area contributed by atoms with Crippen LogP contribution in [0.2, 0.25) is 0 Å². The number of hydrogen-bond donors (Lipinski definition) is 1. The number of alkyl halides is 3. The Morgan fingerprint density at radius 2 is 1.59 bits per heavy atom. The minimum atomic E-state index is -4.51. The van der Waals surface area contributed by atoms with E-state index in [1.807, 2.05) is 4.90 Å². The van der Waals surface area contributed by atoms with E-state index in [1.165, 1.54) is 24.3 Å². The van der Waals surface area contributed by atoms with Gasteiger partial charge >= 0.3 is 6.18 Å². The third kappa shape index (κ3) is 5.36. The normalized spacial score (nSPS) is 16.9. The van der Waals surface area contributed by atoms with Crippen LogP contribution in [0.5, 0.6) is 0 Å². The van der Waals surface area contributed by atoms with Gasteiger partial charge in [-0.1, -0.05) is 31.2 Å². The van der Waals surface area contributed by atoms with Gasteiger partial charge in [-0.3, -0.25) is 4.90 Å². The molecule has 2 aromatic carbocycles. The van der Waals surface area contributed by atoms with Crippen molar-refractivity contribution in [3.8, 4) is 11.1 Å². The first-order chi connectivity index (χ1) is 13.6. The Morgan fingerprint density at radius 1 is 0.966 bits per heavy atom. The fourth-order valence-electron chi connectivity index (χ4n) is 3.51. The Labute approximate surface area is 169 Å². The zero-order valence-corrected chi connectivity index (χ0v) is 16.9. The average molecular weight is 427 g/mol. The molecule has 1 heterocycles. The topological polar surface area (TPSA) is 66.6 Å². The number of likely N-dealkylation sites (N-methyl/N-ethyl adjacent to an activating group) is 1. The summed E-state index contributed by atoms with van der Waals surface area (Å²) in [5, 5.41) is 5.13. The van der Waals surface area contributed by atoms with Gasteiger partial charge in [0.05, 0.1) is 10.5 Å². The van der Waals surface area contributed by atoms with Crippen molar-refractivity contribution in [1.29, 1.82) is 0 Å². The maximum atomic E-state index is 13.7. The highest BCUT2D eigenvalue weighted by atomic mass is 32.2. The lowest BCUT2D eigenvalue weighted by molar-refractivity contribution is -0.138. The molecule has 1 aliphatic rings. The number of benzene rings is 2. The van der Waals surface area contributed by atoms with Gasteiger partial charge in [-0.05, 0) is 41.4 Å². The molecule has 5 nitrogen and oxygen atoms in total. The molecule has 2 aromatic rings. The van der Waals surface area contributed by atoms with E-state index >= 15 is 0 Å². The third-order valence-electron chi connectivity index (χ3n) is 5.22. The fourth-order valence-corrected chi connectivity index (χ4v) is 4.07. The minimum Gasteiger partial charge on any atom is -0.301 e. The Kier molecular flexibility index (Phi) is 6.33. The highest BCUT2D eigenvalue weighted by Crippen LogP contribution is 2.36. The molecule has 0 aromatic heterocycles. The maximum absolute atomic E-state index is 13.7.